The Bertz CT molecular complexity index is 2040. The Hall–Kier alpha value is -4.08. The van der Waals surface area contributed by atoms with Crippen LogP contribution in [0.2, 0.25) is 0 Å². The SMILES string of the molecule is CC(C)(c1cc(-c2cccc(-c3ccc(=O)[nH]c3-c3ccc(S(C)(=O)=O)cc3)c2)c2ncccc2c1)S(C)(=O)=O. The minimum atomic E-state index is -3.42. The van der Waals surface area contributed by atoms with Crippen LogP contribution >= 0.6 is 0 Å². The molecule has 1 N–H and O–H groups in total. The second-order valence-corrected chi connectivity index (χ2v) is 15.0. The quantitative estimate of drug-likeness (QED) is 0.283. The van der Waals surface area contributed by atoms with E-state index in [0.29, 0.717) is 16.8 Å². The molecule has 9 heteroatoms. The number of hydrogen-bond acceptors (Lipinski definition) is 6. The highest BCUT2D eigenvalue weighted by molar-refractivity contribution is 7.91. The summed E-state index contributed by atoms with van der Waals surface area (Å²) in [5.41, 5.74) is 5.51. The van der Waals surface area contributed by atoms with Crippen LogP contribution in [0.5, 0.6) is 0 Å². The molecule has 5 aromatic rings. The van der Waals surface area contributed by atoms with E-state index >= 15 is 0 Å². The van der Waals surface area contributed by atoms with Crippen molar-refractivity contribution >= 4 is 30.6 Å². The molecule has 204 valence electrons. The van der Waals surface area contributed by atoms with E-state index in [0.717, 1.165) is 39.4 Å². The summed E-state index contributed by atoms with van der Waals surface area (Å²) in [5.74, 6) is 0. The summed E-state index contributed by atoms with van der Waals surface area (Å²) < 4.78 is 48.1. The standard InChI is InChI=1S/C31H28N2O5S2/c1-31(2,40(4,37)38)24-18-23-9-6-16-32-29(23)27(19-24)22-8-5-7-21(17-22)26-14-15-28(34)33-30(26)20-10-12-25(13-11-20)39(3,35)36/h5-19H,1-4H3,(H,33,34). The van der Waals surface area contributed by atoms with Crippen LogP contribution < -0.4 is 5.56 Å². The molecule has 0 radical (unpaired) electrons. The van der Waals surface area contributed by atoms with Gasteiger partial charge in [-0.3, -0.25) is 9.78 Å². The number of rotatable bonds is 6. The summed E-state index contributed by atoms with van der Waals surface area (Å²) in [7, 11) is -6.78. The second-order valence-electron chi connectivity index (χ2n) is 10.4. The van der Waals surface area contributed by atoms with Crippen molar-refractivity contribution in [1.82, 2.24) is 9.97 Å². The molecule has 0 aliphatic heterocycles. The molecule has 0 amide bonds. The Kier molecular flexibility index (Phi) is 6.76. The van der Waals surface area contributed by atoms with E-state index in [2.05, 4.69) is 9.97 Å². The summed E-state index contributed by atoms with van der Waals surface area (Å²) in [6.07, 6.45) is 4.09. The van der Waals surface area contributed by atoms with Gasteiger partial charge in [-0.1, -0.05) is 36.4 Å². The van der Waals surface area contributed by atoms with E-state index in [1.54, 1.807) is 38.2 Å². The van der Waals surface area contributed by atoms with Crippen LogP contribution in [0.25, 0.3) is 44.4 Å². The third-order valence-corrected chi connectivity index (χ3v) is 10.5. The normalized spacial score (nSPS) is 12.5. The van der Waals surface area contributed by atoms with Crippen molar-refractivity contribution in [2.45, 2.75) is 23.5 Å². The molecule has 2 aromatic heterocycles. The maximum absolute atomic E-state index is 12.7. The smallest absolute Gasteiger partial charge is 0.248 e. The molecule has 0 fully saturated rings. The molecular weight excluding hydrogens is 544 g/mol. The van der Waals surface area contributed by atoms with Crippen molar-refractivity contribution < 1.29 is 16.8 Å². The molecule has 5 rings (SSSR count). The number of aromatic nitrogens is 2. The molecule has 0 saturated carbocycles. The number of nitrogens with one attached hydrogen (secondary N) is 1. The Labute approximate surface area is 233 Å². The summed E-state index contributed by atoms with van der Waals surface area (Å²) in [5, 5.41) is 0.827. The second kappa shape index (κ2) is 9.83. The summed E-state index contributed by atoms with van der Waals surface area (Å²) in [4.78, 5) is 20.0. The zero-order valence-corrected chi connectivity index (χ0v) is 24.1. The average molecular weight is 573 g/mol. The fraction of sp³-hybridized carbons (Fsp3) is 0.161. The zero-order valence-electron chi connectivity index (χ0n) is 22.5. The first-order chi connectivity index (χ1) is 18.8. The van der Waals surface area contributed by atoms with Crippen LogP contribution in [-0.2, 0) is 24.4 Å². The highest BCUT2D eigenvalue weighted by atomic mass is 32.2. The first kappa shape index (κ1) is 27.5. The van der Waals surface area contributed by atoms with Crippen molar-refractivity contribution in [2.75, 3.05) is 12.5 Å². The molecule has 0 aliphatic rings. The lowest BCUT2D eigenvalue weighted by Gasteiger charge is -2.24. The molecule has 0 unspecified atom stereocenters. The van der Waals surface area contributed by atoms with Crippen LogP contribution in [0.1, 0.15) is 19.4 Å². The number of pyridine rings is 2. The zero-order chi connectivity index (χ0) is 28.9. The van der Waals surface area contributed by atoms with Gasteiger partial charge in [0, 0.05) is 41.3 Å². The lowest BCUT2D eigenvalue weighted by atomic mass is 9.91. The van der Waals surface area contributed by atoms with E-state index in [4.69, 9.17) is 0 Å². The molecule has 0 saturated heterocycles. The van der Waals surface area contributed by atoms with Gasteiger partial charge < -0.3 is 4.98 Å². The number of aromatic amines is 1. The van der Waals surface area contributed by atoms with Crippen LogP contribution in [-0.4, -0.2) is 39.3 Å². The fourth-order valence-electron chi connectivity index (χ4n) is 4.64. The molecule has 2 heterocycles. The Morgan fingerprint density at radius 2 is 1.40 bits per heavy atom. The van der Waals surface area contributed by atoms with Gasteiger partial charge >= 0.3 is 0 Å². The van der Waals surface area contributed by atoms with E-state index in [-0.39, 0.29) is 10.5 Å². The fourth-order valence-corrected chi connectivity index (χ4v) is 5.82. The van der Waals surface area contributed by atoms with E-state index in [9.17, 15) is 21.6 Å². The van der Waals surface area contributed by atoms with Gasteiger partial charge in [0.25, 0.3) is 0 Å². The van der Waals surface area contributed by atoms with Crippen molar-refractivity contribution in [2.24, 2.45) is 0 Å². The topological polar surface area (TPSA) is 114 Å². The van der Waals surface area contributed by atoms with Crippen molar-refractivity contribution in [3.63, 3.8) is 0 Å². The van der Waals surface area contributed by atoms with Crippen LogP contribution in [0.15, 0.2) is 101 Å². The third-order valence-electron chi connectivity index (χ3n) is 7.30. The van der Waals surface area contributed by atoms with Crippen molar-refractivity contribution in [1.29, 1.82) is 0 Å². The first-order valence-electron chi connectivity index (χ1n) is 12.5. The van der Waals surface area contributed by atoms with Gasteiger partial charge in [-0.15, -0.1) is 0 Å². The number of H-pyrrole nitrogens is 1. The van der Waals surface area contributed by atoms with Gasteiger partial charge in [-0.2, -0.15) is 0 Å². The van der Waals surface area contributed by atoms with Crippen LogP contribution in [0, 0.1) is 0 Å². The van der Waals surface area contributed by atoms with Gasteiger partial charge in [-0.05, 0) is 78.6 Å². The predicted molar refractivity (Wildman–Crippen MR) is 160 cm³/mol. The van der Waals surface area contributed by atoms with E-state index in [1.807, 2.05) is 48.5 Å². The predicted octanol–water partition coefficient (Wildman–Crippen LogP) is 5.61. The molecular formula is C31H28N2O5S2. The van der Waals surface area contributed by atoms with E-state index < -0.39 is 24.4 Å². The molecule has 0 aliphatic carbocycles. The Balaban J connectivity index is 1.70. The maximum Gasteiger partial charge on any atom is 0.248 e. The van der Waals surface area contributed by atoms with Gasteiger partial charge in [-0.25, -0.2) is 16.8 Å². The maximum atomic E-state index is 12.7. The molecule has 0 spiro atoms. The number of nitrogens with zero attached hydrogens (tertiary/aromatic N) is 1. The Morgan fingerprint density at radius 1 is 0.725 bits per heavy atom. The minimum absolute atomic E-state index is 0.189. The van der Waals surface area contributed by atoms with Crippen LogP contribution in [0.3, 0.4) is 0 Å². The molecule has 3 aromatic carbocycles. The van der Waals surface area contributed by atoms with Gasteiger partial charge in [0.15, 0.2) is 19.7 Å². The van der Waals surface area contributed by atoms with Crippen molar-refractivity contribution in [3.8, 4) is 33.5 Å². The van der Waals surface area contributed by atoms with Crippen molar-refractivity contribution in [3.05, 3.63) is 107 Å². The summed E-state index contributed by atoms with van der Waals surface area (Å²) >= 11 is 0. The molecule has 7 nitrogen and oxygen atoms in total. The number of hydrogen-bond donors (Lipinski definition) is 1. The van der Waals surface area contributed by atoms with Crippen LogP contribution in [0.4, 0.5) is 0 Å². The average Bonchev–Trinajstić information content (AvgIpc) is 2.91. The Morgan fingerprint density at radius 3 is 2.05 bits per heavy atom. The summed E-state index contributed by atoms with van der Waals surface area (Å²) in [6.45, 7) is 3.39. The minimum Gasteiger partial charge on any atom is -0.321 e. The van der Waals surface area contributed by atoms with Gasteiger partial charge in [0.2, 0.25) is 5.56 Å². The highest BCUT2D eigenvalue weighted by Crippen LogP contribution is 2.38. The van der Waals surface area contributed by atoms with Gasteiger partial charge in [0.05, 0.1) is 20.9 Å². The monoisotopic (exact) mass is 572 g/mol. The number of sulfone groups is 2. The third kappa shape index (κ3) is 5.10. The largest absolute Gasteiger partial charge is 0.321 e. The van der Waals surface area contributed by atoms with E-state index in [1.165, 1.54) is 24.5 Å². The lowest BCUT2D eigenvalue weighted by Crippen LogP contribution is -2.28. The molecule has 0 bridgehead atoms. The number of fused-ring (bicyclic) bond motifs is 1. The van der Waals surface area contributed by atoms with Gasteiger partial charge in [0.1, 0.15) is 0 Å². The highest BCUT2D eigenvalue weighted by Gasteiger charge is 2.33. The number of benzene rings is 3. The molecule has 0 atom stereocenters. The summed E-state index contributed by atoms with van der Waals surface area (Å²) in [6, 6.07) is 24.8. The lowest BCUT2D eigenvalue weighted by molar-refractivity contribution is 0.561. The molecule has 40 heavy (non-hydrogen) atoms. The first-order valence-corrected chi connectivity index (χ1v) is 16.3.